The van der Waals surface area contributed by atoms with Gasteiger partial charge in [-0.15, -0.1) is 6.58 Å². The summed E-state index contributed by atoms with van der Waals surface area (Å²) in [6, 6.07) is 14.2. The smallest absolute Gasteiger partial charge is 0.340 e. The number of allylic oxidation sites excluding steroid dienone is 1. The van der Waals surface area contributed by atoms with Crippen molar-refractivity contribution in [2.75, 3.05) is 31.7 Å². The molecule has 1 fully saturated rings. The fourth-order valence-electron chi connectivity index (χ4n) is 6.48. The second-order valence-corrected chi connectivity index (χ2v) is 14.0. The Bertz CT molecular complexity index is 1850. The maximum Gasteiger partial charge on any atom is 0.340 e. The number of phenolic OH excluding ortho intramolecular Hbond substituents is 1. The van der Waals surface area contributed by atoms with Gasteiger partial charge in [-0.05, 0) is 95.5 Å². The van der Waals surface area contributed by atoms with Crippen molar-refractivity contribution >= 4 is 23.4 Å². The predicted octanol–water partition coefficient (Wildman–Crippen LogP) is 7.86. The molecule has 1 N–H and O–H groups in total. The molecule has 5 rings (SSSR count). The van der Waals surface area contributed by atoms with E-state index in [1.165, 1.54) is 19.2 Å². The molecule has 1 aliphatic heterocycles. The van der Waals surface area contributed by atoms with Crippen LogP contribution in [0.25, 0.3) is 28.0 Å². The van der Waals surface area contributed by atoms with Gasteiger partial charge in [-0.3, -0.25) is 0 Å². The molecule has 1 saturated heterocycles. The lowest BCUT2D eigenvalue weighted by Gasteiger charge is -2.41. The van der Waals surface area contributed by atoms with E-state index in [9.17, 15) is 14.7 Å². The van der Waals surface area contributed by atoms with Crippen LogP contribution in [0.1, 0.15) is 88.0 Å². The Morgan fingerprint density at radius 3 is 2.47 bits per heavy atom. The Labute approximate surface area is 288 Å². The van der Waals surface area contributed by atoms with Crippen LogP contribution in [0.3, 0.4) is 0 Å². The molecule has 0 unspecified atom stereocenters. The number of aryl methyl sites for hydroxylation is 1. The maximum absolute atomic E-state index is 13.6. The minimum Gasteiger partial charge on any atom is -0.507 e. The average molecular weight is 669 g/mol. The number of piperidine rings is 1. The first-order chi connectivity index (χ1) is 23.3. The second-order valence-electron chi connectivity index (χ2n) is 14.0. The van der Waals surface area contributed by atoms with E-state index in [2.05, 4.69) is 18.4 Å². The molecule has 1 aliphatic rings. The summed E-state index contributed by atoms with van der Waals surface area (Å²) in [6.07, 6.45) is 4.95. The van der Waals surface area contributed by atoms with E-state index in [1.54, 1.807) is 13.0 Å². The molecular weight excluding hydrogens is 620 g/mol. The van der Waals surface area contributed by atoms with Crippen molar-refractivity contribution in [3.8, 4) is 28.1 Å². The Balaban J connectivity index is 1.66. The number of phenols is 1. The molecule has 49 heavy (non-hydrogen) atoms. The van der Waals surface area contributed by atoms with Crippen molar-refractivity contribution < 1.29 is 28.9 Å². The number of fused-ring (bicyclic) bond motifs is 1. The molecule has 0 bridgehead atoms. The van der Waals surface area contributed by atoms with Crippen molar-refractivity contribution in [1.29, 1.82) is 0 Å². The molecule has 2 aromatic heterocycles. The monoisotopic (exact) mass is 668 g/mol. The Morgan fingerprint density at radius 2 is 1.82 bits per heavy atom. The van der Waals surface area contributed by atoms with E-state index >= 15 is 0 Å². The van der Waals surface area contributed by atoms with E-state index in [0.717, 1.165) is 50.2 Å². The molecule has 10 nitrogen and oxygen atoms in total. The van der Waals surface area contributed by atoms with Gasteiger partial charge in [-0.25, -0.2) is 14.6 Å². The SMILES string of the molecule is C=CCCC1(C)CCN(c2c([C@H](OC(C)(C)C)C(=O)OCC)c(C)nc3cc(-c4cccc(-c5cc(C(=O)OC)ccc5O)c4)nn23)CC1. The van der Waals surface area contributed by atoms with Crippen molar-refractivity contribution in [3.63, 3.8) is 0 Å². The Morgan fingerprint density at radius 1 is 1.10 bits per heavy atom. The lowest BCUT2D eigenvalue weighted by atomic mass is 9.76. The van der Waals surface area contributed by atoms with Crippen molar-refractivity contribution in [2.45, 2.75) is 78.9 Å². The fraction of sp³-hybridized carbons (Fsp3) is 0.436. The van der Waals surface area contributed by atoms with Gasteiger partial charge in [0.2, 0.25) is 0 Å². The van der Waals surface area contributed by atoms with Gasteiger partial charge in [0.15, 0.2) is 11.8 Å². The summed E-state index contributed by atoms with van der Waals surface area (Å²) >= 11 is 0. The third-order valence-corrected chi connectivity index (χ3v) is 9.15. The van der Waals surface area contributed by atoms with Gasteiger partial charge in [0.25, 0.3) is 0 Å². The van der Waals surface area contributed by atoms with Crippen LogP contribution in [0.5, 0.6) is 5.75 Å². The van der Waals surface area contributed by atoms with Crippen LogP contribution in [0.15, 0.2) is 61.2 Å². The van der Waals surface area contributed by atoms with Crippen molar-refractivity contribution in [1.82, 2.24) is 14.6 Å². The summed E-state index contributed by atoms with van der Waals surface area (Å²) in [7, 11) is 1.32. The zero-order chi connectivity index (χ0) is 35.5. The lowest BCUT2D eigenvalue weighted by molar-refractivity contribution is -0.166. The highest BCUT2D eigenvalue weighted by Crippen LogP contribution is 2.42. The van der Waals surface area contributed by atoms with E-state index in [1.807, 2.05) is 68.6 Å². The summed E-state index contributed by atoms with van der Waals surface area (Å²) in [5, 5.41) is 15.8. The number of benzene rings is 2. The predicted molar refractivity (Wildman–Crippen MR) is 191 cm³/mol. The second kappa shape index (κ2) is 14.4. The number of rotatable bonds is 11. The highest BCUT2D eigenvalue weighted by molar-refractivity contribution is 5.92. The topological polar surface area (TPSA) is 115 Å². The quantitative estimate of drug-likeness (QED) is 0.126. The number of ether oxygens (including phenoxy) is 3. The summed E-state index contributed by atoms with van der Waals surface area (Å²) in [5.41, 5.74) is 4.46. The number of carbonyl (C=O) groups is 2. The number of aromatic hydroxyl groups is 1. The number of hydrogen-bond donors (Lipinski definition) is 1. The maximum atomic E-state index is 13.6. The van der Waals surface area contributed by atoms with Crippen molar-refractivity contribution in [3.05, 3.63) is 78.0 Å². The number of nitrogens with zero attached hydrogens (tertiary/aromatic N) is 4. The van der Waals surface area contributed by atoms with Crippen LogP contribution < -0.4 is 4.90 Å². The lowest BCUT2D eigenvalue weighted by Crippen LogP contribution is -2.41. The summed E-state index contributed by atoms with van der Waals surface area (Å²) < 4.78 is 18.7. The largest absolute Gasteiger partial charge is 0.507 e. The van der Waals surface area contributed by atoms with Crippen LogP contribution in [-0.4, -0.2) is 64.1 Å². The van der Waals surface area contributed by atoms with Crippen LogP contribution in [0, 0.1) is 12.3 Å². The number of hydrogen-bond acceptors (Lipinski definition) is 9. The first kappa shape index (κ1) is 35.6. The number of aromatic nitrogens is 3. The standard InChI is InChI=1S/C39H48N4O6/c1-9-11-17-39(7)18-20-42(21-19-39)35-33(34(37(46)48-10-2)49-38(4,5)6)25(3)40-32-24-30(41-43(32)35)27-14-12-13-26(22-27)29-23-28(36(45)47-8)15-16-31(29)44/h9,12-16,22-24,34,44H,1,10-11,17-21H2,2-8H3/t34-/m0/s1. The highest BCUT2D eigenvalue weighted by Gasteiger charge is 2.38. The zero-order valence-electron chi connectivity index (χ0n) is 29.7. The number of esters is 2. The van der Waals surface area contributed by atoms with Crippen LogP contribution in [0.2, 0.25) is 0 Å². The molecule has 3 heterocycles. The van der Waals surface area contributed by atoms with Gasteiger partial charge in [0.1, 0.15) is 11.6 Å². The molecule has 0 spiro atoms. The van der Waals surface area contributed by atoms with Gasteiger partial charge in [0.05, 0.1) is 36.1 Å². The van der Waals surface area contributed by atoms with Crippen LogP contribution in [0.4, 0.5) is 5.82 Å². The summed E-state index contributed by atoms with van der Waals surface area (Å²) in [6.45, 7) is 17.5. The summed E-state index contributed by atoms with van der Waals surface area (Å²) in [4.78, 5) is 33.1. The molecule has 4 aromatic rings. The summed E-state index contributed by atoms with van der Waals surface area (Å²) in [5.74, 6) is -0.151. The molecular formula is C39H48N4O6. The molecule has 260 valence electrons. The van der Waals surface area contributed by atoms with E-state index in [0.29, 0.717) is 39.3 Å². The van der Waals surface area contributed by atoms with E-state index in [4.69, 9.17) is 24.3 Å². The molecule has 10 heteroatoms. The third kappa shape index (κ3) is 7.80. The van der Waals surface area contributed by atoms with Crippen molar-refractivity contribution in [2.24, 2.45) is 5.41 Å². The first-order valence-electron chi connectivity index (χ1n) is 16.9. The number of methoxy groups -OCH3 is 1. The third-order valence-electron chi connectivity index (χ3n) is 9.15. The number of anilines is 1. The normalized spacial score (nSPS) is 15.2. The average Bonchev–Trinajstić information content (AvgIpc) is 3.49. The van der Waals surface area contributed by atoms with Gasteiger partial charge in [0, 0.05) is 36.0 Å². The molecule has 1 atom stereocenters. The van der Waals surface area contributed by atoms with E-state index < -0.39 is 23.6 Å². The minimum absolute atomic E-state index is 0.0399. The molecule has 2 aromatic carbocycles. The fourth-order valence-corrected chi connectivity index (χ4v) is 6.48. The van der Waals surface area contributed by atoms with Gasteiger partial charge in [-0.1, -0.05) is 31.2 Å². The molecule has 0 amide bonds. The molecule has 0 aliphatic carbocycles. The molecule has 0 radical (unpaired) electrons. The van der Waals surface area contributed by atoms with Gasteiger partial charge >= 0.3 is 11.9 Å². The Kier molecular flexibility index (Phi) is 10.5. The highest BCUT2D eigenvalue weighted by atomic mass is 16.6. The first-order valence-corrected chi connectivity index (χ1v) is 16.9. The van der Waals surface area contributed by atoms with Gasteiger partial charge in [-0.2, -0.15) is 9.61 Å². The minimum atomic E-state index is -1.01. The van der Waals surface area contributed by atoms with Gasteiger partial charge < -0.3 is 24.2 Å². The van der Waals surface area contributed by atoms with E-state index in [-0.39, 0.29) is 17.8 Å². The van der Waals surface area contributed by atoms with Crippen LogP contribution in [-0.2, 0) is 19.0 Å². The molecule has 0 saturated carbocycles. The number of carbonyl (C=O) groups excluding carboxylic acids is 2. The Hall–Kier alpha value is -4.70. The van der Waals surface area contributed by atoms with Crippen LogP contribution >= 0.6 is 0 Å². The zero-order valence-corrected chi connectivity index (χ0v) is 29.7.